The molecular formula is C22H29ClN4O2. The molecule has 0 aliphatic carbocycles. The minimum absolute atomic E-state index is 0. The summed E-state index contributed by atoms with van der Waals surface area (Å²) in [5.41, 5.74) is 13.9. The van der Waals surface area contributed by atoms with Gasteiger partial charge in [-0.15, -0.1) is 12.4 Å². The van der Waals surface area contributed by atoms with E-state index in [1.165, 1.54) is 5.56 Å². The summed E-state index contributed by atoms with van der Waals surface area (Å²) in [5, 5.41) is 0. The number of likely N-dealkylation sites (tertiary alicyclic amines) is 1. The van der Waals surface area contributed by atoms with Crippen LogP contribution < -0.4 is 11.5 Å². The predicted octanol–water partition coefficient (Wildman–Crippen LogP) is 1.74. The molecular weight excluding hydrogens is 388 g/mol. The standard InChI is InChI=1S/C22H28N4O2.ClH/c23-20-15-25(14-19(20)18-9-5-2-6-10-18)16-22(28)26(12-11-21(24)27)13-17-7-3-1-4-8-17;/h1-10,19-20H,11-16,23H2,(H2,24,27);1H/t19-,20+;/m0./s1. The lowest BCUT2D eigenvalue weighted by Crippen LogP contribution is -2.41. The van der Waals surface area contributed by atoms with Gasteiger partial charge in [0, 0.05) is 44.6 Å². The highest BCUT2D eigenvalue weighted by Crippen LogP contribution is 2.26. The minimum Gasteiger partial charge on any atom is -0.370 e. The highest BCUT2D eigenvalue weighted by Gasteiger charge is 2.32. The number of benzene rings is 2. The van der Waals surface area contributed by atoms with Gasteiger partial charge < -0.3 is 16.4 Å². The maximum absolute atomic E-state index is 13.0. The van der Waals surface area contributed by atoms with Crippen LogP contribution in [0.1, 0.15) is 23.5 Å². The molecule has 0 radical (unpaired) electrons. The van der Waals surface area contributed by atoms with E-state index in [1.807, 2.05) is 48.5 Å². The van der Waals surface area contributed by atoms with E-state index in [2.05, 4.69) is 17.0 Å². The average Bonchev–Trinajstić information content (AvgIpc) is 3.06. The molecule has 2 amide bonds. The molecule has 1 aliphatic heterocycles. The van der Waals surface area contributed by atoms with E-state index >= 15 is 0 Å². The van der Waals surface area contributed by atoms with Crippen molar-refractivity contribution in [3.63, 3.8) is 0 Å². The lowest BCUT2D eigenvalue weighted by molar-refractivity contribution is -0.133. The largest absolute Gasteiger partial charge is 0.370 e. The van der Waals surface area contributed by atoms with Crippen LogP contribution >= 0.6 is 12.4 Å². The van der Waals surface area contributed by atoms with Crippen LogP contribution in [0.3, 0.4) is 0 Å². The van der Waals surface area contributed by atoms with Gasteiger partial charge in [-0.1, -0.05) is 60.7 Å². The fraction of sp³-hybridized carbons (Fsp3) is 0.364. The summed E-state index contributed by atoms with van der Waals surface area (Å²) in [6, 6.07) is 20.0. The van der Waals surface area contributed by atoms with Gasteiger partial charge in [-0.05, 0) is 11.1 Å². The lowest BCUT2D eigenvalue weighted by atomic mass is 9.95. The maximum Gasteiger partial charge on any atom is 0.237 e. The maximum atomic E-state index is 13.0. The molecule has 2 atom stereocenters. The summed E-state index contributed by atoms with van der Waals surface area (Å²) in [6.07, 6.45) is 0.157. The molecule has 3 rings (SSSR count). The van der Waals surface area contributed by atoms with Crippen molar-refractivity contribution in [1.82, 2.24) is 9.80 Å². The second-order valence-corrected chi connectivity index (χ2v) is 7.39. The lowest BCUT2D eigenvalue weighted by Gasteiger charge is -2.25. The molecule has 1 aliphatic rings. The van der Waals surface area contributed by atoms with Crippen LogP contribution in [-0.4, -0.2) is 53.8 Å². The molecule has 0 saturated carbocycles. The molecule has 1 saturated heterocycles. The molecule has 2 aromatic rings. The van der Waals surface area contributed by atoms with Crippen LogP contribution in [0.4, 0.5) is 0 Å². The van der Waals surface area contributed by atoms with Crippen LogP contribution in [0.2, 0.25) is 0 Å². The number of nitrogens with zero attached hydrogens (tertiary/aromatic N) is 2. The summed E-state index contributed by atoms with van der Waals surface area (Å²) >= 11 is 0. The highest BCUT2D eigenvalue weighted by atomic mass is 35.5. The van der Waals surface area contributed by atoms with E-state index in [-0.39, 0.29) is 36.7 Å². The molecule has 2 aromatic carbocycles. The van der Waals surface area contributed by atoms with Crippen molar-refractivity contribution in [1.29, 1.82) is 0 Å². The second kappa shape index (κ2) is 11.0. The molecule has 0 bridgehead atoms. The summed E-state index contributed by atoms with van der Waals surface area (Å²) in [5.74, 6) is -0.189. The Labute approximate surface area is 178 Å². The number of amides is 2. The number of rotatable bonds is 8. The van der Waals surface area contributed by atoms with Crippen molar-refractivity contribution in [3.05, 3.63) is 71.8 Å². The quantitative estimate of drug-likeness (QED) is 0.685. The molecule has 0 unspecified atom stereocenters. The van der Waals surface area contributed by atoms with Gasteiger partial charge in [0.2, 0.25) is 11.8 Å². The predicted molar refractivity (Wildman–Crippen MR) is 117 cm³/mol. The van der Waals surface area contributed by atoms with Crippen molar-refractivity contribution >= 4 is 24.2 Å². The summed E-state index contributed by atoms with van der Waals surface area (Å²) in [4.78, 5) is 28.0. The minimum atomic E-state index is -0.404. The van der Waals surface area contributed by atoms with Gasteiger partial charge in [0.1, 0.15) is 0 Å². The first kappa shape index (κ1) is 22.9. The molecule has 0 spiro atoms. The van der Waals surface area contributed by atoms with Gasteiger partial charge in [0.05, 0.1) is 6.54 Å². The van der Waals surface area contributed by atoms with E-state index in [4.69, 9.17) is 11.5 Å². The Morgan fingerprint density at radius 2 is 1.62 bits per heavy atom. The zero-order valence-corrected chi connectivity index (χ0v) is 17.3. The first-order valence-corrected chi connectivity index (χ1v) is 9.66. The number of carbonyl (C=O) groups excluding carboxylic acids is 2. The van der Waals surface area contributed by atoms with Gasteiger partial charge in [0.25, 0.3) is 0 Å². The smallest absolute Gasteiger partial charge is 0.237 e. The van der Waals surface area contributed by atoms with Crippen molar-refractivity contribution in [2.45, 2.75) is 24.9 Å². The molecule has 0 aromatic heterocycles. The average molecular weight is 417 g/mol. The zero-order valence-electron chi connectivity index (χ0n) is 16.4. The third-order valence-corrected chi connectivity index (χ3v) is 5.22. The number of carbonyl (C=O) groups is 2. The SMILES string of the molecule is Cl.NC(=O)CCN(Cc1ccccc1)C(=O)CN1C[C@@H](N)[C@H](c2ccccc2)C1. The molecule has 7 heteroatoms. The van der Waals surface area contributed by atoms with Crippen LogP contribution in [0.25, 0.3) is 0 Å². The first-order valence-electron chi connectivity index (χ1n) is 9.66. The van der Waals surface area contributed by atoms with Gasteiger partial charge in [-0.3, -0.25) is 14.5 Å². The first-order chi connectivity index (χ1) is 13.5. The van der Waals surface area contributed by atoms with E-state index in [9.17, 15) is 9.59 Å². The molecule has 1 heterocycles. The third-order valence-electron chi connectivity index (χ3n) is 5.22. The van der Waals surface area contributed by atoms with Crippen molar-refractivity contribution in [3.8, 4) is 0 Å². The van der Waals surface area contributed by atoms with Gasteiger partial charge in [-0.25, -0.2) is 0 Å². The van der Waals surface area contributed by atoms with E-state index < -0.39 is 5.91 Å². The van der Waals surface area contributed by atoms with Gasteiger partial charge >= 0.3 is 0 Å². The molecule has 29 heavy (non-hydrogen) atoms. The normalized spacial score (nSPS) is 18.8. The number of nitrogens with two attached hydrogens (primary N) is 2. The van der Waals surface area contributed by atoms with Crippen LogP contribution in [0, 0.1) is 0 Å². The summed E-state index contributed by atoms with van der Waals surface area (Å²) < 4.78 is 0. The second-order valence-electron chi connectivity index (χ2n) is 7.39. The number of hydrogen-bond acceptors (Lipinski definition) is 4. The van der Waals surface area contributed by atoms with Crippen LogP contribution in [-0.2, 0) is 16.1 Å². The fourth-order valence-corrected chi connectivity index (χ4v) is 3.73. The Morgan fingerprint density at radius 3 is 2.24 bits per heavy atom. The Morgan fingerprint density at radius 1 is 1.00 bits per heavy atom. The molecule has 6 nitrogen and oxygen atoms in total. The van der Waals surface area contributed by atoms with E-state index in [0.29, 0.717) is 26.2 Å². The van der Waals surface area contributed by atoms with Gasteiger partial charge in [0.15, 0.2) is 0 Å². The van der Waals surface area contributed by atoms with Crippen molar-refractivity contribution in [2.24, 2.45) is 11.5 Å². The Bertz CT molecular complexity index is 788. The number of halogens is 1. The Hall–Kier alpha value is -2.41. The molecule has 4 N–H and O–H groups in total. The van der Waals surface area contributed by atoms with E-state index in [0.717, 1.165) is 12.1 Å². The van der Waals surface area contributed by atoms with E-state index in [1.54, 1.807) is 4.90 Å². The van der Waals surface area contributed by atoms with Gasteiger partial charge in [-0.2, -0.15) is 0 Å². The zero-order chi connectivity index (χ0) is 19.9. The highest BCUT2D eigenvalue weighted by molar-refractivity contribution is 5.85. The molecule has 1 fully saturated rings. The third kappa shape index (κ3) is 6.56. The van der Waals surface area contributed by atoms with Crippen molar-refractivity contribution < 1.29 is 9.59 Å². The Balaban J connectivity index is 0.00000300. The van der Waals surface area contributed by atoms with Crippen molar-refractivity contribution in [2.75, 3.05) is 26.2 Å². The monoisotopic (exact) mass is 416 g/mol. The van der Waals surface area contributed by atoms with Crippen LogP contribution in [0.5, 0.6) is 0 Å². The summed E-state index contributed by atoms with van der Waals surface area (Å²) in [6.45, 7) is 2.52. The summed E-state index contributed by atoms with van der Waals surface area (Å²) in [7, 11) is 0. The molecule has 156 valence electrons. The Kier molecular flexibility index (Phi) is 8.64. The number of hydrogen-bond donors (Lipinski definition) is 2. The number of primary amides is 1. The topological polar surface area (TPSA) is 92.7 Å². The fourth-order valence-electron chi connectivity index (χ4n) is 3.73. The van der Waals surface area contributed by atoms with Crippen LogP contribution in [0.15, 0.2) is 60.7 Å².